The van der Waals surface area contributed by atoms with E-state index in [2.05, 4.69) is 16.0 Å². The summed E-state index contributed by atoms with van der Waals surface area (Å²) in [5.74, 6) is -0.492. The van der Waals surface area contributed by atoms with Crippen LogP contribution >= 0.6 is 0 Å². The molecule has 1 aliphatic heterocycles. The fourth-order valence-electron chi connectivity index (χ4n) is 3.85. The van der Waals surface area contributed by atoms with Gasteiger partial charge in [-0.25, -0.2) is 4.79 Å². The molecule has 2 atom stereocenters. The van der Waals surface area contributed by atoms with Crippen molar-refractivity contribution in [1.82, 2.24) is 20.9 Å². The smallest absolute Gasteiger partial charge is 0.315 e. The van der Waals surface area contributed by atoms with Crippen LogP contribution in [0.5, 0.6) is 0 Å². The van der Waals surface area contributed by atoms with Crippen LogP contribution in [-0.4, -0.2) is 68.7 Å². The summed E-state index contributed by atoms with van der Waals surface area (Å²) in [5.41, 5.74) is 0. The first-order valence-electron chi connectivity index (χ1n) is 10.1. The molecular weight excluding hydrogens is 348 g/mol. The SMILES string of the molecule is COCCNC(=O)C1CCCC(NC(=O)NC2CCCC2)CN(C)C(=O)C1. The monoisotopic (exact) mass is 382 g/mol. The first-order valence-corrected chi connectivity index (χ1v) is 10.1. The standard InChI is InChI=1S/C19H34N4O4/c1-23-13-16(22-19(26)21-15-7-3-4-8-15)9-5-6-14(12-17(23)24)18(25)20-10-11-27-2/h14-16H,3-13H2,1-2H3,(H,20,25)(H2,21,22,26). The van der Waals surface area contributed by atoms with Crippen LogP contribution in [0.15, 0.2) is 0 Å². The van der Waals surface area contributed by atoms with Gasteiger partial charge in [-0.1, -0.05) is 19.3 Å². The maximum Gasteiger partial charge on any atom is 0.315 e. The number of hydrogen-bond acceptors (Lipinski definition) is 4. The Labute approximate surface area is 161 Å². The summed E-state index contributed by atoms with van der Waals surface area (Å²) in [5, 5.41) is 8.87. The topological polar surface area (TPSA) is 99.8 Å². The number of rotatable bonds is 6. The molecule has 1 saturated carbocycles. The summed E-state index contributed by atoms with van der Waals surface area (Å²) in [4.78, 5) is 38.7. The van der Waals surface area contributed by atoms with E-state index < -0.39 is 0 Å². The van der Waals surface area contributed by atoms with Gasteiger partial charge in [-0.3, -0.25) is 9.59 Å². The summed E-state index contributed by atoms with van der Waals surface area (Å²) < 4.78 is 4.94. The van der Waals surface area contributed by atoms with E-state index in [0.29, 0.717) is 26.1 Å². The normalized spacial score (nSPS) is 24.7. The third-order valence-corrected chi connectivity index (χ3v) is 5.45. The maximum absolute atomic E-state index is 12.5. The number of nitrogens with one attached hydrogen (secondary N) is 3. The molecule has 2 fully saturated rings. The van der Waals surface area contributed by atoms with Crippen LogP contribution in [0.4, 0.5) is 4.79 Å². The van der Waals surface area contributed by atoms with Gasteiger partial charge in [0, 0.05) is 51.7 Å². The maximum atomic E-state index is 12.5. The van der Waals surface area contributed by atoms with Crippen LogP contribution in [0.25, 0.3) is 0 Å². The van der Waals surface area contributed by atoms with E-state index in [0.717, 1.165) is 25.7 Å². The average molecular weight is 383 g/mol. The highest BCUT2D eigenvalue weighted by atomic mass is 16.5. The zero-order chi connectivity index (χ0) is 19.6. The second-order valence-corrected chi connectivity index (χ2v) is 7.69. The zero-order valence-corrected chi connectivity index (χ0v) is 16.6. The van der Waals surface area contributed by atoms with Crippen molar-refractivity contribution in [2.24, 2.45) is 5.92 Å². The van der Waals surface area contributed by atoms with Crippen molar-refractivity contribution in [3.05, 3.63) is 0 Å². The molecule has 0 aromatic carbocycles. The van der Waals surface area contributed by atoms with Gasteiger partial charge in [0.25, 0.3) is 0 Å². The molecule has 2 unspecified atom stereocenters. The molecule has 8 nitrogen and oxygen atoms in total. The minimum atomic E-state index is -0.331. The molecule has 8 heteroatoms. The van der Waals surface area contributed by atoms with E-state index in [9.17, 15) is 14.4 Å². The van der Waals surface area contributed by atoms with Crippen molar-refractivity contribution >= 4 is 17.8 Å². The van der Waals surface area contributed by atoms with E-state index in [4.69, 9.17) is 4.74 Å². The predicted molar refractivity (Wildman–Crippen MR) is 102 cm³/mol. The van der Waals surface area contributed by atoms with Crippen molar-refractivity contribution in [3.63, 3.8) is 0 Å². The summed E-state index contributed by atoms with van der Waals surface area (Å²) in [6.45, 7) is 1.37. The molecule has 2 aliphatic rings. The molecule has 1 aliphatic carbocycles. The van der Waals surface area contributed by atoms with Crippen LogP contribution < -0.4 is 16.0 Å². The van der Waals surface area contributed by atoms with E-state index >= 15 is 0 Å². The number of hydrogen-bond donors (Lipinski definition) is 3. The van der Waals surface area contributed by atoms with Crippen LogP contribution in [-0.2, 0) is 14.3 Å². The van der Waals surface area contributed by atoms with E-state index in [1.807, 2.05) is 0 Å². The largest absolute Gasteiger partial charge is 0.383 e. The van der Waals surface area contributed by atoms with Gasteiger partial charge in [0.15, 0.2) is 0 Å². The van der Waals surface area contributed by atoms with Gasteiger partial charge in [0.1, 0.15) is 0 Å². The average Bonchev–Trinajstić information content (AvgIpc) is 3.14. The van der Waals surface area contributed by atoms with Crippen LogP contribution in [0.2, 0.25) is 0 Å². The second kappa shape index (κ2) is 11.1. The third-order valence-electron chi connectivity index (χ3n) is 5.45. The van der Waals surface area contributed by atoms with Gasteiger partial charge >= 0.3 is 6.03 Å². The Bertz CT molecular complexity index is 508. The lowest BCUT2D eigenvalue weighted by molar-refractivity contribution is -0.135. The molecule has 3 N–H and O–H groups in total. The minimum absolute atomic E-state index is 0.0632. The molecule has 0 spiro atoms. The second-order valence-electron chi connectivity index (χ2n) is 7.69. The summed E-state index contributed by atoms with van der Waals surface area (Å²) in [6.07, 6.45) is 6.79. The lowest BCUT2D eigenvalue weighted by atomic mass is 9.96. The molecule has 0 aromatic heterocycles. The molecule has 1 saturated heterocycles. The molecule has 4 amide bonds. The van der Waals surface area contributed by atoms with Gasteiger partial charge in [0.2, 0.25) is 11.8 Å². The summed E-state index contributed by atoms with van der Waals surface area (Å²) in [6, 6.07) is 0.0115. The molecule has 0 aromatic rings. The Hall–Kier alpha value is -1.83. The highest BCUT2D eigenvalue weighted by Gasteiger charge is 2.28. The van der Waals surface area contributed by atoms with Gasteiger partial charge in [-0.2, -0.15) is 0 Å². The van der Waals surface area contributed by atoms with Crippen molar-refractivity contribution in [2.45, 2.75) is 63.5 Å². The van der Waals surface area contributed by atoms with E-state index in [1.54, 1.807) is 19.1 Å². The van der Waals surface area contributed by atoms with Crippen molar-refractivity contribution in [1.29, 1.82) is 0 Å². The van der Waals surface area contributed by atoms with Gasteiger partial charge in [-0.15, -0.1) is 0 Å². The Morgan fingerprint density at radius 1 is 1.07 bits per heavy atom. The first kappa shape index (κ1) is 21.5. The number of methoxy groups -OCH3 is 1. The molecule has 0 radical (unpaired) electrons. The van der Waals surface area contributed by atoms with Crippen molar-refractivity contribution in [2.75, 3.05) is 33.9 Å². The van der Waals surface area contributed by atoms with Crippen LogP contribution in [0, 0.1) is 5.92 Å². The molecule has 1 heterocycles. The quantitative estimate of drug-likeness (QED) is 0.597. The Morgan fingerprint density at radius 3 is 2.44 bits per heavy atom. The van der Waals surface area contributed by atoms with Gasteiger partial charge < -0.3 is 25.6 Å². The fourth-order valence-corrected chi connectivity index (χ4v) is 3.85. The zero-order valence-electron chi connectivity index (χ0n) is 16.6. The molecule has 154 valence electrons. The number of amides is 4. The molecular formula is C19H34N4O4. The van der Waals surface area contributed by atoms with Gasteiger partial charge in [0.05, 0.1) is 6.61 Å². The lowest BCUT2D eigenvalue weighted by Crippen LogP contribution is -2.49. The van der Waals surface area contributed by atoms with Crippen LogP contribution in [0.1, 0.15) is 51.4 Å². The van der Waals surface area contributed by atoms with Crippen LogP contribution in [0.3, 0.4) is 0 Å². The Kier molecular flexibility index (Phi) is 8.84. The Balaban J connectivity index is 1.86. The highest BCUT2D eigenvalue weighted by molar-refractivity contribution is 5.85. The molecule has 2 rings (SSSR count). The molecule has 27 heavy (non-hydrogen) atoms. The van der Waals surface area contributed by atoms with E-state index in [1.165, 1.54) is 12.8 Å². The number of carbonyl (C=O) groups excluding carboxylic acids is 3. The lowest BCUT2D eigenvalue weighted by Gasteiger charge is -2.25. The number of nitrogens with zero attached hydrogens (tertiary/aromatic N) is 1. The number of carbonyl (C=O) groups is 3. The van der Waals surface area contributed by atoms with Crippen molar-refractivity contribution < 1.29 is 19.1 Å². The fraction of sp³-hybridized carbons (Fsp3) is 0.842. The van der Waals surface area contributed by atoms with Crippen molar-refractivity contribution in [3.8, 4) is 0 Å². The number of likely N-dealkylation sites (N-methyl/N-ethyl adjacent to an activating group) is 1. The summed E-state index contributed by atoms with van der Waals surface area (Å²) >= 11 is 0. The number of ether oxygens (including phenoxy) is 1. The Morgan fingerprint density at radius 2 is 1.74 bits per heavy atom. The first-order chi connectivity index (χ1) is 13.0. The minimum Gasteiger partial charge on any atom is -0.383 e. The van der Waals surface area contributed by atoms with Gasteiger partial charge in [-0.05, 0) is 25.7 Å². The molecule has 0 bridgehead atoms. The van der Waals surface area contributed by atoms with E-state index in [-0.39, 0.29) is 42.3 Å². The number of urea groups is 1. The highest BCUT2D eigenvalue weighted by Crippen LogP contribution is 2.19. The predicted octanol–water partition coefficient (Wildman–Crippen LogP) is 1.01. The third kappa shape index (κ3) is 7.36. The summed E-state index contributed by atoms with van der Waals surface area (Å²) in [7, 11) is 3.32.